The Morgan fingerprint density at radius 2 is 2.17 bits per heavy atom. The van der Waals surface area contributed by atoms with Gasteiger partial charge in [-0.05, 0) is 36.1 Å². The summed E-state index contributed by atoms with van der Waals surface area (Å²) in [5.74, 6) is 5.87. The lowest BCUT2D eigenvalue weighted by Gasteiger charge is -2.20. The van der Waals surface area contributed by atoms with Crippen LogP contribution in [0.3, 0.4) is 0 Å². The van der Waals surface area contributed by atoms with Gasteiger partial charge in [-0.25, -0.2) is 5.84 Å². The zero-order valence-electron chi connectivity index (χ0n) is 10.9. The van der Waals surface area contributed by atoms with E-state index in [9.17, 15) is 4.79 Å². The number of carbonyl (C=O) groups is 1. The van der Waals surface area contributed by atoms with Crippen molar-refractivity contribution >= 4 is 21.8 Å². The van der Waals surface area contributed by atoms with Crippen molar-refractivity contribution in [1.82, 2.24) is 5.43 Å². The lowest BCUT2D eigenvalue weighted by molar-refractivity contribution is -0.128. The molecular weight excluding hydrogens is 296 g/mol. The maximum Gasteiger partial charge on any atom is 0.274 e. The van der Waals surface area contributed by atoms with Crippen LogP contribution in [0.15, 0.2) is 22.7 Å². The van der Waals surface area contributed by atoms with E-state index in [2.05, 4.69) is 35.2 Å². The van der Waals surface area contributed by atoms with Crippen LogP contribution in [0.5, 0.6) is 5.75 Å². The second-order valence-corrected chi connectivity index (χ2v) is 5.28. The van der Waals surface area contributed by atoms with Crippen LogP contribution in [-0.4, -0.2) is 12.0 Å². The predicted octanol–water partition coefficient (Wildman–Crippen LogP) is 2.72. The second kappa shape index (κ2) is 6.75. The third kappa shape index (κ3) is 3.71. The second-order valence-electron chi connectivity index (χ2n) is 4.36. The van der Waals surface area contributed by atoms with Gasteiger partial charge in [0, 0.05) is 4.47 Å². The standard InChI is InChI=1S/C13H19BrN2O2/c1-4-11(13(17)16-15)18-12-6-5-9(14)7-10(12)8(2)3/h5-8,11H,4,15H2,1-3H3,(H,16,17). The van der Waals surface area contributed by atoms with Crippen molar-refractivity contribution < 1.29 is 9.53 Å². The van der Waals surface area contributed by atoms with Gasteiger partial charge < -0.3 is 4.74 Å². The summed E-state index contributed by atoms with van der Waals surface area (Å²) >= 11 is 3.44. The molecule has 100 valence electrons. The molecule has 1 unspecified atom stereocenters. The molecule has 0 saturated heterocycles. The number of hydrogen-bond acceptors (Lipinski definition) is 3. The lowest BCUT2D eigenvalue weighted by atomic mass is 10.0. The number of hydrazine groups is 1. The van der Waals surface area contributed by atoms with Crippen molar-refractivity contribution in [2.45, 2.75) is 39.2 Å². The molecule has 1 atom stereocenters. The molecule has 0 aliphatic heterocycles. The fraction of sp³-hybridized carbons (Fsp3) is 0.462. The Bertz CT molecular complexity index is 421. The molecule has 0 bridgehead atoms. The summed E-state index contributed by atoms with van der Waals surface area (Å²) in [7, 11) is 0. The summed E-state index contributed by atoms with van der Waals surface area (Å²) in [6.45, 7) is 6.05. The third-order valence-corrected chi connectivity index (χ3v) is 3.16. The molecule has 0 aliphatic rings. The van der Waals surface area contributed by atoms with Crippen LogP contribution in [0.25, 0.3) is 0 Å². The number of halogens is 1. The summed E-state index contributed by atoms with van der Waals surface area (Å²) in [5.41, 5.74) is 3.19. The van der Waals surface area contributed by atoms with E-state index in [4.69, 9.17) is 10.6 Å². The molecule has 0 aliphatic carbocycles. The first-order valence-corrected chi connectivity index (χ1v) is 6.75. The molecule has 0 radical (unpaired) electrons. The quantitative estimate of drug-likeness (QED) is 0.499. The molecule has 18 heavy (non-hydrogen) atoms. The molecular formula is C13H19BrN2O2. The minimum Gasteiger partial charge on any atom is -0.480 e. The van der Waals surface area contributed by atoms with E-state index in [1.807, 2.05) is 25.1 Å². The molecule has 0 saturated carbocycles. The predicted molar refractivity (Wildman–Crippen MR) is 75.3 cm³/mol. The zero-order valence-corrected chi connectivity index (χ0v) is 12.5. The fourth-order valence-electron chi connectivity index (χ4n) is 1.65. The molecule has 0 aromatic heterocycles. The van der Waals surface area contributed by atoms with Gasteiger partial charge in [0.15, 0.2) is 6.10 Å². The minimum absolute atomic E-state index is 0.310. The number of benzene rings is 1. The first kappa shape index (κ1) is 15.0. The van der Waals surface area contributed by atoms with Crippen LogP contribution >= 0.6 is 15.9 Å². The molecule has 3 N–H and O–H groups in total. The van der Waals surface area contributed by atoms with E-state index in [0.717, 1.165) is 15.8 Å². The number of carbonyl (C=O) groups excluding carboxylic acids is 1. The highest BCUT2D eigenvalue weighted by Gasteiger charge is 2.19. The molecule has 1 amide bonds. The fourth-order valence-corrected chi connectivity index (χ4v) is 2.03. The van der Waals surface area contributed by atoms with Crippen LogP contribution in [0, 0.1) is 0 Å². The van der Waals surface area contributed by atoms with Gasteiger partial charge in [-0.15, -0.1) is 0 Å². The Labute approximate surface area is 116 Å². The molecule has 4 nitrogen and oxygen atoms in total. The van der Waals surface area contributed by atoms with Crippen molar-refractivity contribution in [1.29, 1.82) is 0 Å². The van der Waals surface area contributed by atoms with Crippen molar-refractivity contribution in [3.8, 4) is 5.75 Å². The van der Waals surface area contributed by atoms with Gasteiger partial charge in [-0.3, -0.25) is 10.2 Å². The SMILES string of the molecule is CCC(Oc1ccc(Br)cc1C(C)C)C(=O)NN. The normalized spacial score (nSPS) is 12.3. The average molecular weight is 315 g/mol. The molecule has 0 fully saturated rings. The van der Waals surface area contributed by atoms with Gasteiger partial charge in [-0.2, -0.15) is 0 Å². The number of nitrogens with two attached hydrogens (primary N) is 1. The maximum atomic E-state index is 11.5. The van der Waals surface area contributed by atoms with Gasteiger partial charge in [0.25, 0.3) is 5.91 Å². The number of hydrogen-bond donors (Lipinski definition) is 2. The van der Waals surface area contributed by atoms with E-state index in [-0.39, 0.29) is 5.91 Å². The zero-order chi connectivity index (χ0) is 13.7. The van der Waals surface area contributed by atoms with E-state index in [1.165, 1.54) is 0 Å². The highest BCUT2D eigenvalue weighted by atomic mass is 79.9. The van der Waals surface area contributed by atoms with Gasteiger partial charge in [0.1, 0.15) is 5.75 Å². The molecule has 1 rings (SSSR count). The van der Waals surface area contributed by atoms with Gasteiger partial charge in [0.05, 0.1) is 0 Å². The molecule has 0 spiro atoms. The van der Waals surface area contributed by atoms with Crippen molar-refractivity contribution in [3.05, 3.63) is 28.2 Å². The van der Waals surface area contributed by atoms with Crippen molar-refractivity contribution in [2.75, 3.05) is 0 Å². The Morgan fingerprint density at radius 1 is 1.50 bits per heavy atom. The molecule has 0 heterocycles. The first-order chi connectivity index (χ1) is 8.49. The monoisotopic (exact) mass is 314 g/mol. The van der Waals surface area contributed by atoms with Gasteiger partial charge in [-0.1, -0.05) is 36.7 Å². The van der Waals surface area contributed by atoms with Crippen LogP contribution in [-0.2, 0) is 4.79 Å². The first-order valence-electron chi connectivity index (χ1n) is 5.96. The van der Waals surface area contributed by atoms with E-state index in [0.29, 0.717) is 12.3 Å². The Hall–Kier alpha value is -1.07. The Morgan fingerprint density at radius 3 is 2.67 bits per heavy atom. The van der Waals surface area contributed by atoms with E-state index in [1.54, 1.807) is 0 Å². The summed E-state index contributed by atoms with van der Waals surface area (Å²) in [6.07, 6.45) is 0.00469. The topological polar surface area (TPSA) is 64.3 Å². The van der Waals surface area contributed by atoms with Crippen LogP contribution < -0.4 is 16.0 Å². The number of rotatable bonds is 5. The largest absolute Gasteiger partial charge is 0.480 e. The highest BCUT2D eigenvalue weighted by molar-refractivity contribution is 9.10. The highest BCUT2D eigenvalue weighted by Crippen LogP contribution is 2.30. The molecule has 1 aromatic rings. The molecule has 1 aromatic carbocycles. The minimum atomic E-state index is -0.561. The van der Waals surface area contributed by atoms with Gasteiger partial charge in [0.2, 0.25) is 0 Å². The number of nitrogens with one attached hydrogen (secondary N) is 1. The maximum absolute atomic E-state index is 11.5. The van der Waals surface area contributed by atoms with Crippen LogP contribution in [0.1, 0.15) is 38.7 Å². The summed E-state index contributed by atoms with van der Waals surface area (Å²) < 4.78 is 6.75. The Balaban J connectivity index is 2.98. The average Bonchev–Trinajstić information content (AvgIpc) is 2.36. The summed E-state index contributed by atoms with van der Waals surface area (Å²) in [4.78, 5) is 11.5. The smallest absolute Gasteiger partial charge is 0.274 e. The van der Waals surface area contributed by atoms with Gasteiger partial charge >= 0.3 is 0 Å². The van der Waals surface area contributed by atoms with Crippen LogP contribution in [0.2, 0.25) is 0 Å². The third-order valence-electron chi connectivity index (χ3n) is 2.67. The number of amides is 1. The molecule has 5 heteroatoms. The van der Waals surface area contributed by atoms with E-state index < -0.39 is 6.10 Å². The van der Waals surface area contributed by atoms with Crippen molar-refractivity contribution in [2.24, 2.45) is 5.84 Å². The summed E-state index contributed by atoms with van der Waals surface area (Å²) in [5, 5.41) is 0. The van der Waals surface area contributed by atoms with Crippen molar-refractivity contribution in [3.63, 3.8) is 0 Å². The van der Waals surface area contributed by atoms with E-state index >= 15 is 0 Å². The number of ether oxygens (including phenoxy) is 1. The Kier molecular flexibility index (Phi) is 5.62. The van der Waals surface area contributed by atoms with Crippen LogP contribution in [0.4, 0.5) is 0 Å². The lowest BCUT2D eigenvalue weighted by Crippen LogP contribution is -2.41. The summed E-state index contributed by atoms with van der Waals surface area (Å²) in [6, 6.07) is 5.77.